The number of amides is 1. The maximum absolute atomic E-state index is 13.1. The van der Waals surface area contributed by atoms with Crippen LogP contribution in [0.4, 0.5) is 5.69 Å². The summed E-state index contributed by atoms with van der Waals surface area (Å²) in [4.78, 5) is 15.5. The fourth-order valence-electron chi connectivity index (χ4n) is 4.94. The molecule has 0 unspecified atom stereocenters. The van der Waals surface area contributed by atoms with Crippen LogP contribution in [0.1, 0.15) is 42.5 Å². The van der Waals surface area contributed by atoms with Gasteiger partial charge in [-0.1, -0.05) is 37.5 Å². The largest absolute Gasteiger partial charge is 0.495 e. The van der Waals surface area contributed by atoms with Crippen molar-refractivity contribution in [3.8, 4) is 5.75 Å². The predicted molar refractivity (Wildman–Crippen MR) is 131 cm³/mol. The zero-order valence-corrected chi connectivity index (χ0v) is 20.4. The molecule has 1 saturated heterocycles. The van der Waals surface area contributed by atoms with Gasteiger partial charge in [0.05, 0.1) is 30.9 Å². The van der Waals surface area contributed by atoms with E-state index in [9.17, 15) is 13.2 Å². The van der Waals surface area contributed by atoms with Crippen LogP contribution in [0.15, 0.2) is 53.4 Å². The van der Waals surface area contributed by atoms with Gasteiger partial charge in [-0.25, -0.2) is 8.42 Å². The molecule has 9 heteroatoms. The van der Waals surface area contributed by atoms with Gasteiger partial charge in [0.2, 0.25) is 0 Å². The topological polar surface area (TPSA) is 97.0 Å². The lowest BCUT2D eigenvalue weighted by molar-refractivity contribution is -0.0361. The molecule has 1 aliphatic carbocycles. The van der Waals surface area contributed by atoms with Crippen molar-refractivity contribution in [2.24, 2.45) is 0 Å². The highest BCUT2D eigenvalue weighted by molar-refractivity contribution is 7.92. The predicted octanol–water partition coefficient (Wildman–Crippen LogP) is 3.26. The van der Waals surface area contributed by atoms with Crippen LogP contribution in [0, 0.1) is 0 Å². The molecular formula is C25H33N3O5S. The minimum atomic E-state index is -3.90. The van der Waals surface area contributed by atoms with E-state index in [0.717, 1.165) is 52.0 Å². The van der Waals surface area contributed by atoms with Gasteiger partial charge in [-0.15, -0.1) is 0 Å². The summed E-state index contributed by atoms with van der Waals surface area (Å²) in [6, 6.07) is 12.9. The maximum Gasteiger partial charge on any atom is 0.262 e. The number of hydrogen-bond acceptors (Lipinski definition) is 6. The van der Waals surface area contributed by atoms with Crippen LogP contribution in [-0.2, 0) is 14.8 Å². The van der Waals surface area contributed by atoms with E-state index in [0.29, 0.717) is 23.5 Å². The van der Waals surface area contributed by atoms with E-state index < -0.39 is 10.0 Å². The Hall–Kier alpha value is -2.62. The molecule has 1 aliphatic heterocycles. The van der Waals surface area contributed by atoms with Crippen LogP contribution >= 0.6 is 0 Å². The van der Waals surface area contributed by atoms with Crippen molar-refractivity contribution in [1.29, 1.82) is 0 Å². The Balaban J connectivity index is 1.48. The number of nitrogens with one attached hydrogen (secondary N) is 2. The molecule has 0 aromatic heterocycles. The third kappa shape index (κ3) is 5.54. The number of benzene rings is 2. The molecule has 1 heterocycles. The number of nitrogens with zero attached hydrogens (tertiary/aromatic N) is 1. The van der Waals surface area contributed by atoms with E-state index >= 15 is 0 Å². The highest BCUT2D eigenvalue weighted by atomic mass is 32.2. The summed E-state index contributed by atoms with van der Waals surface area (Å²) < 4.78 is 39.3. The van der Waals surface area contributed by atoms with Gasteiger partial charge in [0.15, 0.2) is 0 Å². The lowest BCUT2D eigenvalue weighted by Gasteiger charge is -2.48. The first-order valence-electron chi connectivity index (χ1n) is 11.8. The number of methoxy groups -OCH3 is 1. The lowest BCUT2D eigenvalue weighted by Crippen LogP contribution is -2.59. The summed E-state index contributed by atoms with van der Waals surface area (Å²) in [5, 5.41) is 3.10. The van der Waals surface area contributed by atoms with E-state index in [1.807, 2.05) is 0 Å². The van der Waals surface area contributed by atoms with Crippen LogP contribution < -0.4 is 14.8 Å². The molecule has 1 saturated carbocycles. The van der Waals surface area contributed by atoms with Crippen molar-refractivity contribution in [3.05, 3.63) is 54.1 Å². The Morgan fingerprint density at radius 1 is 1.06 bits per heavy atom. The number of morpholine rings is 1. The smallest absolute Gasteiger partial charge is 0.262 e. The standard InChI is InChI=1S/C25H33N3O5S/c1-32-23-11-4-3-10-22(23)27-34(30,31)21-9-7-8-20(18-21)24(29)26-19-25(12-5-2-6-13-25)28-14-16-33-17-15-28/h3-4,7-11,18,27H,2,5-6,12-17,19H2,1H3,(H,26,29). The van der Waals surface area contributed by atoms with Crippen molar-refractivity contribution >= 4 is 21.6 Å². The molecule has 2 aromatic carbocycles. The van der Waals surface area contributed by atoms with Gasteiger partial charge < -0.3 is 14.8 Å². The van der Waals surface area contributed by atoms with Gasteiger partial charge >= 0.3 is 0 Å². The highest BCUT2D eigenvalue weighted by Crippen LogP contribution is 2.34. The minimum absolute atomic E-state index is 0.0200. The van der Waals surface area contributed by atoms with Crippen LogP contribution in [-0.4, -0.2) is 64.7 Å². The number of anilines is 1. The van der Waals surface area contributed by atoms with Crippen molar-refractivity contribution in [3.63, 3.8) is 0 Å². The average Bonchev–Trinajstić information content (AvgIpc) is 2.88. The number of rotatable bonds is 8. The molecule has 184 valence electrons. The second kappa shape index (κ2) is 10.8. The third-order valence-corrected chi connectivity index (χ3v) is 8.17. The van der Waals surface area contributed by atoms with Crippen molar-refractivity contribution < 1.29 is 22.7 Å². The number of para-hydroxylation sites is 2. The molecule has 4 rings (SSSR count). The second-order valence-electron chi connectivity index (χ2n) is 8.90. The monoisotopic (exact) mass is 487 g/mol. The molecule has 2 N–H and O–H groups in total. The van der Waals surface area contributed by atoms with Gasteiger partial charge in [-0.3, -0.25) is 14.4 Å². The van der Waals surface area contributed by atoms with E-state index in [2.05, 4.69) is 14.9 Å². The molecule has 1 amide bonds. The molecule has 8 nitrogen and oxygen atoms in total. The van der Waals surface area contributed by atoms with Gasteiger partial charge in [0.1, 0.15) is 5.75 Å². The van der Waals surface area contributed by atoms with Gasteiger partial charge in [-0.05, 0) is 43.2 Å². The second-order valence-corrected chi connectivity index (χ2v) is 10.6. The first-order chi connectivity index (χ1) is 16.4. The van der Waals surface area contributed by atoms with Crippen molar-refractivity contribution in [2.45, 2.75) is 42.5 Å². The zero-order chi connectivity index (χ0) is 24.0. The average molecular weight is 488 g/mol. The summed E-state index contributed by atoms with van der Waals surface area (Å²) in [6.45, 7) is 3.72. The Morgan fingerprint density at radius 2 is 1.79 bits per heavy atom. The SMILES string of the molecule is COc1ccccc1NS(=O)(=O)c1cccc(C(=O)NCC2(N3CCOCC3)CCCCC2)c1. The first kappa shape index (κ1) is 24.5. The Morgan fingerprint density at radius 3 is 2.53 bits per heavy atom. The summed E-state index contributed by atoms with van der Waals surface area (Å²) in [5.74, 6) is 0.147. The fraction of sp³-hybridized carbons (Fsp3) is 0.480. The third-order valence-electron chi connectivity index (χ3n) is 6.80. The van der Waals surface area contributed by atoms with Crippen molar-refractivity contribution in [1.82, 2.24) is 10.2 Å². The number of ether oxygens (including phenoxy) is 2. The molecule has 2 aromatic rings. The summed E-state index contributed by atoms with van der Waals surface area (Å²) in [6.07, 6.45) is 5.61. The van der Waals surface area contributed by atoms with Gasteiger partial charge in [0, 0.05) is 30.7 Å². The summed E-state index contributed by atoms with van der Waals surface area (Å²) >= 11 is 0. The Bertz CT molecular complexity index is 1090. The van der Waals surface area contributed by atoms with Crippen LogP contribution in [0.2, 0.25) is 0 Å². The number of hydrogen-bond donors (Lipinski definition) is 2. The normalized spacial score (nSPS) is 18.7. The van der Waals surface area contributed by atoms with Gasteiger partial charge in [-0.2, -0.15) is 0 Å². The van der Waals surface area contributed by atoms with Gasteiger partial charge in [0.25, 0.3) is 15.9 Å². The van der Waals surface area contributed by atoms with Crippen LogP contribution in [0.25, 0.3) is 0 Å². The van der Waals surface area contributed by atoms with E-state index in [1.54, 1.807) is 36.4 Å². The van der Waals surface area contributed by atoms with Crippen LogP contribution in [0.3, 0.4) is 0 Å². The maximum atomic E-state index is 13.1. The first-order valence-corrected chi connectivity index (χ1v) is 13.3. The number of carbonyl (C=O) groups excluding carboxylic acids is 1. The fourth-order valence-corrected chi connectivity index (χ4v) is 6.05. The molecule has 2 aliphatic rings. The number of carbonyl (C=O) groups is 1. The van der Waals surface area contributed by atoms with Crippen LogP contribution in [0.5, 0.6) is 5.75 Å². The quantitative estimate of drug-likeness (QED) is 0.593. The minimum Gasteiger partial charge on any atom is -0.495 e. The van der Waals surface area contributed by atoms with E-state index in [4.69, 9.17) is 9.47 Å². The zero-order valence-electron chi connectivity index (χ0n) is 19.6. The molecular weight excluding hydrogens is 454 g/mol. The van der Waals surface area contributed by atoms with Crippen molar-refractivity contribution in [2.75, 3.05) is 44.7 Å². The molecule has 34 heavy (non-hydrogen) atoms. The van der Waals surface area contributed by atoms with E-state index in [-0.39, 0.29) is 16.3 Å². The molecule has 0 bridgehead atoms. The number of sulfonamides is 1. The molecule has 0 spiro atoms. The summed E-state index contributed by atoms with van der Waals surface area (Å²) in [5.41, 5.74) is 0.590. The highest BCUT2D eigenvalue weighted by Gasteiger charge is 2.38. The molecule has 0 atom stereocenters. The Kier molecular flexibility index (Phi) is 7.75. The Labute approximate surface area is 201 Å². The summed E-state index contributed by atoms with van der Waals surface area (Å²) in [7, 11) is -2.42. The molecule has 0 radical (unpaired) electrons. The van der Waals surface area contributed by atoms with E-state index in [1.165, 1.54) is 25.7 Å². The lowest BCUT2D eigenvalue weighted by atomic mass is 9.79. The molecule has 2 fully saturated rings.